The van der Waals surface area contributed by atoms with Gasteiger partial charge in [0.05, 0.1) is 5.60 Å². The molecule has 1 aromatic carbocycles. The van der Waals surface area contributed by atoms with Crippen molar-refractivity contribution < 1.29 is 4.74 Å². The van der Waals surface area contributed by atoms with Crippen LogP contribution in [0.1, 0.15) is 59.1 Å². The third kappa shape index (κ3) is 6.53. The molecule has 0 saturated heterocycles. The number of nitrogens with one attached hydrogen (secondary N) is 1. The first-order chi connectivity index (χ1) is 9.44. The van der Waals surface area contributed by atoms with Gasteiger partial charge in [0.1, 0.15) is 0 Å². The Labute approximate surface area is 124 Å². The van der Waals surface area contributed by atoms with E-state index < -0.39 is 0 Å². The molecule has 0 aliphatic heterocycles. The molecule has 0 aromatic heterocycles. The Morgan fingerprint density at radius 2 is 1.80 bits per heavy atom. The molecule has 2 unspecified atom stereocenters. The monoisotopic (exact) mass is 277 g/mol. The molecule has 0 aliphatic carbocycles. The van der Waals surface area contributed by atoms with E-state index in [2.05, 4.69) is 70.3 Å². The summed E-state index contributed by atoms with van der Waals surface area (Å²) in [5.41, 5.74) is 1.34. The Balaban J connectivity index is 2.59. The highest BCUT2D eigenvalue weighted by molar-refractivity contribution is 5.19. The number of hydrogen-bond donors (Lipinski definition) is 1. The van der Waals surface area contributed by atoms with Crippen LogP contribution in [0.5, 0.6) is 0 Å². The van der Waals surface area contributed by atoms with Gasteiger partial charge in [-0.05, 0) is 51.6 Å². The van der Waals surface area contributed by atoms with Crippen molar-refractivity contribution in [2.24, 2.45) is 5.92 Å². The van der Waals surface area contributed by atoms with Gasteiger partial charge in [-0.3, -0.25) is 0 Å². The Morgan fingerprint density at radius 1 is 1.15 bits per heavy atom. The average Bonchev–Trinajstić information content (AvgIpc) is 2.39. The van der Waals surface area contributed by atoms with Crippen LogP contribution in [-0.2, 0) is 4.74 Å². The average molecular weight is 277 g/mol. The van der Waals surface area contributed by atoms with Crippen molar-refractivity contribution in [1.82, 2.24) is 5.32 Å². The van der Waals surface area contributed by atoms with E-state index in [4.69, 9.17) is 4.74 Å². The van der Waals surface area contributed by atoms with Gasteiger partial charge < -0.3 is 10.1 Å². The highest BCUT2D eigenvalue weighted by Gasteiger charge is 2.19. The number of ether oxygens (including phenoxy) is 1. The van der Waals surface area contributed by atoms with E-state index in [1.165, 1.54) is 5.56 Å². The van der Waals surface area contributed by atoms with Crippen LogP contribution in [0.2, 0.25) is 0 Å². The summed E-state index contributed by atoms with van der Waals surface area (Å²) in [4.78, 5) is 0. The van der Waals surface area contributed by atoms with Crippen molar-refractivity contribution in [2.45, 2.75) is 59.1 Å². The van der Waals surface area contributed by atoms with Crippen molar-refractivity contribution in [3.8, 4) is 0 Å². The maximum atomic E-state index is 5.86. The van der Waals surface area contributed by atoms with Crippen molar-refractivity contribution in [2.75, 3.05) is 13.2 Å². The third-order valence-corrected chi connectivity index (χ3v) is 3.45. The van der Waals surface area contributed by atoms with E-state index in [1.54, 1.807) is 0 Å². The summed E-state index contributed by atoms with van der Waals surface area (Å²) in [5.74, 6) is 0.561. The molecule has 1 aromatic rings. The fourth-order valence-corrected chi connectivity index (χ4v) is 2.33. The fourth-order valence-electron chi connectivity index (χ4n) is 2.33. The van der Waals surface area contributed by atoms with Gasteiger partial charge in [-0.25, -0.2) is 0 Å². The lowest BCUT2D eigenvalue weighted by Crippen LogP contribution is -2.29. The van der Waals surface area contributed by atoms with E-state index in [-0.39, 0.29) is 5.60 Å². The Bertz CT molecular complexity index is 355. The van der Waals surface area contributed by atoms with Crippen LogP contribution in [0, 0.1) is 5.92 Å². The van der Waals surface area contributed by atoms with Gasteiger partial charge in [-0.15, -0.1) is 0 Å². The summed E-state index contributed by atoms with van der Waals surface area (Å²) >= 11 is 0. The zero-order valence-corrected chi connectivity index (χ0v) is 13.8. The minimum atomic E-state index is -0.0428. The molecule has 0 aliphatic rings. The SMILES string of the molecule is CCCNC(c1ccccc1)C(C)CCOC(C)(C)C. The number of hydrogen-bond acceptors (Lipinski definition) is 2. The molecule has 2 heteroatoms. The van der Waals surface area contributed by atoms with Crippen LogP contribution < -0.4 is 5.32 Å². The van der Waals surface area contributed by atoms with Crippen LogP contribution in [0.25, 0.3) is 0 Å². The molecule has 0 amide bonds. The zero-order chi connectivity index (χ0) is 15.0. The highest BCUT2D eigenvalue weighted by atomic mass is 16.5. The summed E-state index contributed by atoms with van der Waals surface area (Å²) in [6.45, 7) is 12.7. The second kappa shape index (κ2) is 8.43. The van der Waals surface area contributed by atoms with Crippen LogP contribution in [0.3, 0.4) is 0 Å². The van der Waals surface area contributed by atoms with Gasteiger partial charge in [-0.1, -0.05) is 44.2 Å². The molecule has 2 atom stereocenters. The molecular formula is C18H31NO. The predicted octanol–water partition coefficient (Wildman–Crippen LogP) is 4.57. The van der Waals surface area contributed by atoms with Gasteiger partial charge in [-0.2, -0.15) is 0 Å². The molecule has 2 nitrogen and oxygen atoms in total. The number of rotatable bonds is 8. The van der Waals surface area contributed by atoms with Gasteiger partial charge >= 0.3 is 0 Å². The van der Waals surface area contributed by atoms with E-state index in [9.17, 15) is 0 Å². The maximum absolute atomic E-state index is 5.86. The third-order valence-electron chi connectivity index (χ3n) is 3.45. The first-order valence-electron chi connectivity index (χ1n) is 7.86. The van der Waals surface area contributed by atoms with Crippen molar-refractivity contribution in [1.29, 1.82) is 0 Å². The zero-order valence-electron chi connectivity index (χ0n) is 13.8. The topological polar surface area (TPSA) is 21.3 Å². The van der Waals surface area contributed by atoms with Crippen LogP contribution in [0.4, 0.5) is 0 Å². The number of benzene rings is 1. The van der Waals surface area contributed by atoms with Crippen molar-refractivity contribution >= 4 is 0 Å². The molecule has 0 spiro atoms. The second-order valence-corrected chi connectivity index (χ2v) is 6.57. The normalized spacial score (nSPS) is 15.1. The Kier molecular flexibility index (Phi) is 7.25. The van der Waals surface area contributed by atoms with Crippen molar-refractivity contribution in [3.05, 3.63) is 35.9 Å². The fraction of sp³-hybridized carbons (Fsp3) is 0.667. The molecule has 114 valence electrons. The van der Waals surface area contributed by atoms with E-state index >= 15 is 0 Å². The smallest absolute Gasteiger partial charge is 0.0598 e. The van der Waals surface area contributed by atoms with E-state index in [1.807, 2.05) is 0 Å². The van der Waals surface area contributed by atoms with Gasteiger partial charge in [0, 0.05) is 12.6 Å². The minimum absolute atomic E-state index is 0.0428. The molecule has 1 N–H and O–H groups in total. The molecule has 0 bridgehead atoms. The molecular weight excluding hydrogens is 246 g/mol. The van der Waals surface area contributed by atoms with Crippen molar-refractivity contribution in [3.63, 3.8) is 0 Å². The summed E-state index contributed by atoms with van der Waals surface area (Å²) in [6, 6.07) is 11.2. The lowest BCUT2D eigenvalue weighted by molar-refractivity contribution is -0.0102. The lowest BCUT2D eigenvalue weighted by atomic mass is 9.92. The predicted molar refractivity (Wildman–Crippen MR) is 87.0 cm³/mol. The van der Waals surface area contributed by atoms with Crippen LogP contribution >= 0.6 is 0 Å². The summed E-state index contributed by atoms with van der Waals surface area (Å²) in [5, 5.41) is 3.68. The first-order valence-corrected chi connectivity index (χ1v) is 7.86. The molecule has 1 rings (SSSR count). The standard InChI is InChI=1S/C18H31NO/c1-6-13-19-17(16-10-8-7-9-11-16)15(2)12-14-20-18(3,4)5/h7-11,15,17,19H,6,12-14H2,1-5H3. The van der Waals surface area contributed by atoms with Gasteiger partial charge in [0.15, 0.2) is 0 Å². The maximum Gasteiger partial charge on any atom is 0.0598 e. The van der Waals surface area contributed by atoms with Crippen LogP contribution in [0.15, 0.2) is 30.3 Å². The molecule has 20 heavy (non-hydrogen) atoms. The van der Waals surface area contributed by atoms with Gasteiger partial charge in [0.2, 0.25) is 0 Å². The Hall–Kier alpha value is -0.860. The lowest BCUT2D eigenvalue weighted by Gasteiger charge is -2.27. The minimum Gasteiger partial charge on any atom is -0.376 e. The summed E-state index contributed by atoms with van der Waals surface area (Å²) in [7, 11) is 0. The molecule has 0 heterocycles. The largest absolute Gasteiger partial charge is 0.376 e. The van der Waals surface area contributed by atoms with Crippen LogP contribution in [-0.4, -0.2) is 18.8 Å². The van der Waals surface area contributed by atoms with Gasteiger partial charge in [0.25, 0.3) is 0 Å². The highest BCUT2D eigenvalue weighted by Crippen LogP contribution is 2.25. The van der Waals surface area contributed by atoms with E-state index in [0.717, 1.165) is 26.0 Å². The summed E-state index contributed by atoms with van der Waals surface area (Å²) < 4.78 is 5.86. The second-order valence-electron chi connectivity index (χ2n) is 6.57. The first kappa shape index (κ1) is 17.2. The Morgan fingerprint density at radius 3 is 2.35 bits per heavy atom. The van der Waals surface area contributed by atoms with E-state index in [0.29, 0.717) is 12.0 Å². The quantitative estimate of drug-likeness (QED) is 0.751. The molecule has 0 radical (unpaired) electrons. The molecule has 0 fully saturated rings. The summed E-state index contributed by atoms with van der Waals surface area (Å²) in [6.07, 6.45) is 2.24. The molecule has 0 saturated carbocycles.